The summed E-state index contributed by atoms with van der Waals surface area (Å²) in [4.78, 5) is 28.6. The van der Waals surface area contributed by atoms with E-state index in [9.17, 15) is 9.90 Å². The van der Waals surface area contributed by atoms with E-state index in [0.29, 0.717) is 19.1 Å². The van der Waals surface area contributed by atoms with Gasteiger partial charge in [0.05, 0.1) is 29.5 Å². The largest absolute Gasteiger partial charge is 0.483 e. The van der Waals surface area contributed by atoms with Crippen LogP contribution < -0.4 is 0 Å². The van der Waals surface area contributed by atoms with E-state index < -0.39 is 0 Å². The van der Waals surface area contributed by atoms with Crippen LogP contribution in [-0.4, -0.2) is 64.4 Å². The molecule has 25 heavy (non-hydrogen) atoms. The van der Waals surface area contributed by atoms with Crippen LogP contribution in [0.4, 0.5) is 0 Å². The van der Waals surface area contributed by atoms with Gasteiger partial charge < -0.3 is 19.8 Å². The summed E-state index contributed by atoms with van der Waals surface area (Å²) in [6.45, 7) is 7.25. The average molecular weight is 370 g/mol. The molecule has 0 aromatic carbocycles. The zero-order chi connectivity index (χ0) is 18.6. The molecule has 1 unspecified atom stereocenters. The van der Waals surface area contributed by atoms with Crippen molar-refractivity contribution in [3.63, 3.8) is 0 Å². The molecule has 1 aromatic heterocycles. The van der Waals surface area contributed by atoms with Crippen LogP contribution in [0.5, 0.6) is 0 Å². The van der Waals surface area contributed by atoms with E-state index in [-0.39, 0.29) is 37.0 Å². The number of carbonyl (C=O) groups excluding carboxylic acids is 1. The van der Waals surface area contributed by atoms with Gasteiger partial charge in [0, 0.05) is 19.1 Å². The predicted molar refractivity (Wildman–Crippen MR) is 94.0 cm³/mol. The molecule has 1 saturated carbocycles. The number of hydrogen-bond acceptors (Lipinski definition) is 6. The summed E-state index contributed by atoms with van der Waals surface area (Å²) in [7, 11) is 0. The van der Waals surface area contributed by atoms with Gasteiger partial charge in [-0.2, -0.15) is 0 Å². The maximum Gasteiger partial charge on any atom is 0.290 e. The molecule has 1 saturated heterocycles. The molecule has 1 aromatic rings. The van der Waals surface area contributed by atoms with Crippen molar-refractivity contribution in [3.05, 3.63) is 15.6 Å². The van der Waals surface area contributed by atoms with E-state index in [0.717, 1.165) is 28.4 Å². The van der Waals surface area contributed by atoms with Crippen LogP contribution in [-0.2, 0) is 9.53 Å². The summed E-state index contributed by atoms with van der Waals surface area (Å²) in [6, 6.07) is 0.0994. The molecular weight excluding hydrogens is 344 g/mol. The second-order valence-corrected chi connectivity index (χ2v) is 7.75. The summed E-state index contributed by atoms with van der Waals surface area (Å²) < 4.78 is 5.81. The Labute approximate surface area is 151 Å². The number of hydrogen-bond donors (Lipinski definition) is 2. The van der Waals surface area contributed by atoms with Gasteiger partial charge in [-0.1, -0.05) is 13.8 Å². The number of aryl methyl sites for hydroxylation is 1. The number of morpholine rings is 1. The first-order valence-electron chi connectivity index (χ1n) is 8.51. The van der Waals surface area contributed by atoms with E-state index in [4.69, 9.17) is 14.6 Å². The Balaban J connectivity index is 0.000000701. The topological polar surface area (TPSA) is 100.0 Å². The molecule has 2 N–H and O–H groups in total. The van der Waals surface area contributed by atoms with Gasteiger partial charge in [0.25, 0.3) is 12.4 Å². The Morgan fingerprint density at radius 3 is 2.72 bits per heavy atom. The summed E-state index contributed by atoms with van der Waals surface area (Å²) >= 11 is 1.52. The molecule has 1 aliphatic heterocycles. The first-order chi connectivity index (χ1) is 11.9. The minimum atomic E-state index is -0.250. The Morgan fingerprint density at radius 2 is 2.16 bits per heavy atom. The highest BCUT2D eigenvalue weighted by molar-refractivity contribution is 7.13. The molecule has 0 bridgehead atoms. The van der Waals surface area contributed by atoms with Crippen LogP contribution in [0.15, 0.2) is 0 Å². The van der Waals surface area contributed by atoms with E-state index >= 15 is 0 Å². The summed E-state index contributed by atoms with van der Waals surface area (Å²) in [5.41, 5.74) is 0.832. The summed E-state index contributed by atoms with van der Waals surface area (Å²) in [5, 5.41) is 17.3. The highest BCUT2D eigenvalue weighted by Gasteiger charge is 2.43. The molecule has 1 aliphatic carbocycles. The monoisotopic (exact) mass is 370 g/mol. The molecule has 8 heteroatoms. The lowest BCUT2D eigenvalue weighted by molar-refractivity contribution is -0.122. The number of carbonyl (C=O) groups is 2. The molecule has 7 nitrogen and oxygen atoms in total. The third-order valence-corrected chi connectivity index (χ3v) is 6.10. The number of carboxylic acid groups (broad SMARTS) is 1. The van der Waals surface area contributed by atoms with Gasteiger partial charge in [-0.15, -0.1) is 11.3 Å². The average Bonchev–Trinajstić information content (AvgIpc) is 3.17. The Kier molecular flexibility index (Phi) is 6.92. The van der Waals surface area contributed by atoms with E-state index in [1.807, 2.05) is 11.8 Å². The second kappa shape index (κ2) is 8.73. The third-order valence-electron chi connectivity index (χ3n) is 4.65. The number of aliphatic hydroxyl groups excluding tert-OH is 1. The first kappa shape index (κ1) is 19.8. The highest BCUT2D eigenvalue weighted by Crippen LogP contribution is 2.36. The number of aromatic nitrogens is 1. The predicted octanol–water partition coefficient (Wildman–Crippen LogP) is 1.89. The van der Waals surface area contributed by atoms with E-state index in [2.05, 4.69) is 18.8 Å². The third kappa shape index (κ3) is 4.37. The number of amides is 1. The number of rotatable bonds is 3. The van der Waals surface area contributed by atoms with Gasteiger partial charge in [0.15, 0.2) is 0 Å². The molecular formula is C17H26N2O5S. The van der Waals surface area contributed by atoms with Gasteiger partial charge in [0.1, 0.15) is 4.88 Å². The fourth-order valence-electron chi connectivity index (χ4n) is 3.44. The number of thiazole rings is 1. The lowest BCUT2D eigenvalue weighted by atomic mass is 10.1. The number of ether oxygens (including phenoxy) is 1. The van der Waals surface area contributed by atoms with Gasteiger partial charge >= 0.3 is 0 Å². The van der Waals surface area contributed by atoms with Crippen LogP contribution in [0.1, 0.15) is 53.0 Å². The molecule has 2 aliphatic rings. The van der Waals surface area contributed by atoms with Crippen LogP contribution in [0.3, 0.4) is 0 Å². The van der Waals surface area contributed by atoms with E-state index in [1.54, 1.807) is 0 Å². The zero-order valence-corrected chi connectivity index (χ0v) is 15.7. The maximum atomic E-state index is 13.0. The van der Waals surface area contributed by atoms with Crippen molar-refractivity contribution >= 4 is 23.7 Å². The SMILES string of the molecule is Cc1nc(C(C)C)sc1C(=O)N1CCOC2C[C@H](CO)C[C@@H]21.O=CO. The fraction of sp³-hybridized carbons (Fsp3) is 0.706. The van der Waals surface area contributed by atoms with Crippen molar-refractivity contribution in [1.82, 2.24) is 9.88 Å². The van der Waals surface area contributed by atoms with Gasteiger partial charge in [0.2, 0.25) is 0 Å². The van der Waals surface area contributed by atoms with Crippen LogP contribution in [0, 0.1) is 12.8 Å². The van der Waals surface area contributed by atoms with Crippen molar-refractivity contribution in [1.29, 1.82) is 0 Å². The lowest BCUT2D eigenvalue weighted by Gasteiger charge is -2.37. The number of aliphatic hydroxyl groups is 1. The van der Waals surface area contributed by atoms with Crippen molar-refractivity contribution < 1.29 is 24.5 Å². The van der Waals surface area contributed by atoms with Crippen molar-refractivity contribution in [2.45, 2.75) is 51.7 Å². The quantitative estimate of drug-likeness (QED) is 0.788. The smallest absolute Gasteiger partial charge is 0.290 e. The Hall–Kier alpha value is -1.51. The molecule has 0 radical (unpaired) electrons. The molecule has 2 heterocycles. The Morgan fingerprint density at radius 1 is 1.48 bits per heavy atom. The first-order valence-corrected chi connectivity index (χ1v) is 9.33. The van der Waals surface area contributed by atoms with Gasteiger partial charge in [-0.25, -0.2) is 4.98 Å². The summed E-state index contributed by atoms with van der Waals surface area (Å²) in [5.74, 6) is 0.670. The maximum absolute atomic E-state index is 13.0. The number of nitrogens with zero attached hydrogens (tertiary/aromatic N) is 2. The molecule has 3 rings (SSSR count). The minimum Gasteiger partial charge on any atom is -0.483 e. The van der Waals surface area contributed by atoms with Crippen molar-refractivity contribution in [2.24, 2.45) is 5.92 Å². The van der Waals surface area contributed by atoms with Crippen molar-refractivity contribution in [2.75, 3.05) is 19.8 Å². The number of fused-ring (bicyclic) bond motifs is 1. The van der Waals surface area contributed by atoms with Gasteiger partial charge in [-0.05, 0) is 25.7 Å². The highest BCUT2D eigenvalue weighted by atomic mass is 32.1. The standard InChI is InChI=1S/C16H24N2O3S.CH2O2/c1-9(2)15-17-10(3)14(22-15)16(20)18-4-5-21-13-7-11(8-19)6-12(13)18;2-1-3/h9,11-13,19H,4-8H2,1-3H3;1H,(H,2,3)/t11-,12+,13?;/m1./s1. The van der Waals surface area contributed by atoms with Crippen LogP contribution >= 0.6 is 11.3 Å². The fourth-order valence-corrected chi connectivity index (χ4v) is 4.47. The summed E-state index contributed by atoms with van der Waals surface area (Å²) in [6.07, 6.45) is 1.76. The van der Waals surface area contributed by atoms with Crippen molar-refractivity contribution in [3.8, 4) is 0 Å². The molecule has 0 spiro atoms. The molecule has 140 valence electrons. The van der Waals surface area contributed by atoms with E-state index in [1.165, 1.54) is 11.3 Å². The molecule has 3 atom stereocenters. The minimum absolute atomic E-state index is 0.0765. The van der Waals surface area contributed by atoms with Crippen LogP contribution in [0.2, 0.25) is 0 Å². The lowest BCUT2D eigenvalue weighted by Crippen LogP contribution is -2.51. The normalized spacial score (nSPS) is 25.3. The molecule has 1 amide bonds. The Bertz CT molecular complexity index is 604. The van der Waals surface area contributed by atoms with Crippen LogP contribution in [0.25, 0.3) is 0 Å². The van der Waals surface area contributed by atoms with Gasteiger partial charge in [-0.3, -0.25) is 9.59 Å². The molecule has 2 fully saturated rings. The second-order valence-electron chi connectivity index (χ2n) is 6.72. The zero-order valence-electron chi connectivity index (χ0n) is 14.8.